The monoisotopic (exact) mass is 529 g/mol. The molecule has 1 amide bonds. The zero-order valence-electron chi connectivity index (χ0n) is 19.4. The quantitative estimate of drug-likeness (QED) is 0.252. The maximum Gasteiger partial charge on any atom is 0.300 e. The lowest BCUT2D eigenvalue weighted by Crippen LogP contribution is -2.29. The Bertz CT molecular complexity index is 1390. The number of phenols is 1. The van der Waals surface area contributed by atoms with Crippen LogP contribution in [0.4, 0.5) is 5.69 Å². The molecule has 10 heteroatoms. The topological polar surface area (TPSA) is 106 Å². The van der Waals surface area contributed by atoms with Crippen LogP contribution in [0.3, 0.4) is 0 Å². The van der Waals surface area contributed by atoms with E-state index in [0.717, 1.165) is 0 Å². The minimum atomic E-state index is -1.10. The first-order valence-corrected chi connectivity index (χ1v) is 11.3. The highest BCUT2D eigenvalue weighted by atomic mass is 35.5. The zero-order valence-corrected chi connectivity index (χ0v) is 20.9. The summed E-state index contributed by atoms with van der Waals surface area (Å²) in [4.78, 5) is 27.9. The van der Waals surface area contributed by atoms with Gasteiger partial charge >= 0.3 is 0 Å². The Morgan fingerprint density at radius 1 is 0.861 bits per heavy atom. The molecule has 0 saturated carbocycles. The number of hydrogen-bond acceptors (Lipinski definition) is 7. The van der Waals surface area contributed by atoms with E-state index in [-0.39, 0.29) is 39.2 Å². The Balaban J connectivity index is 2.01. The van der Waals surface area contributed by atoms with Gasteiger partial charge in [0.1, 0.15) is 17.3 Å². The number of ether oxygens (including phenoxy) is 3. The highest BCUT2D eigenvalue weighted by molar-refractivity contribution is 6.51. The molecule has 3 aromatic carbocycles. The van der Waals surface area contributed by atoms with Crippen LogP contribution in [0, 0.1) is 0 Å². The summed E-state index contributed by atoms with van der Waals surface area (Å²) in [6.45, 7) is 0. The van der Waals surface area contributed by atoms with Gasteiger partial charge in [-0.2, -0.15) is 0 Å². The molecule has 186 valence electrons. The van der Waals surface area contributed by atoms with Gasteiger partial charge in [0.15, 0.2) is 11.5 Å². The largest absolute Gasteiger partial charge is 0.507 e. The van der Waals surface area contributed by atoms with E-state index in [1.54, 1.807) is 30.3 Å². The number of amides is 1. The van der Waals surface area contributed by atoms with Crippen molar-refractivity contribution in [2.45, 2.75) is 6.04 Å². The number of benzene rings is 3. The van der Waals surface area contributed by atoms with Gasteiger partial charge < -0.3 is 24.4 Å². The summed E-state index contributed by atoms with van der Waals surface area (Å²) in [7, 11) is 4.17. The highest BCUT2D eigenvalue weighted by Gasteiger charge is 2.47. The second-order valence-corrected chi connectivity index (χ2v) is 8.61. The van der Waals surface area contributed by atoms with Crippen LogP contribution in [0.1, 0.15) is 17.2 Å². The second kappa shape index (κ2) is 10.0. The zero-order chi connectivity index (χ0) is 26.1. The maximum absolute atomic E-state index is 13.4. The van der Waals surface area contributed by atoms with Crippen LogP contribution in [-0.4, -0.2) is 43.2 Å². The van der Waals surface area contributed by atoms with Gasteiger partial charge in [0.05, 0.1) is 43.5 Å². The molecule has 0 aromatic heterocycles. The predicted molar refractivity (Wildman–Crippen MR) is 135 cm³/mol. The average molecular weight is 530 g/mol. The van der Waals surface area contributed by atoms with E-state index in [1.807, 2.05) is 0 Å². The van der Waals surface area contributed by atoms with Crippen LogP contribution in [0.25, 0.3) is 5.76 Å². The fourth-order valence-electron chi connectivity index (χ4n) is 4.08. The summed E-state index contributed by atoms with van der Waals surface area (Å²) in [5, 5.41) is 22.5. The number of halogens is 2. The Kier molecular flexibility index (Phi) is 7.01. The number of anilines is 1. The summed E-state index contributed by atoms with van der Waals surface area (Å²) in [6, 6.07) is 12.5. The second-order valence-electron chi connectivity index (χ2n) is 7.76. The predicted octanol–water partition coefficient (Wildman–Crippen LogP) is 5.35. The summed E-state index contributed by atoms with van der Waals surface area (Å²) < 4.78 is 15.7. The average Bonchev–Trinajstić information content (AvgIpc) is 3.14. The van der Waals surface area contributed by atoms with Crippen LogP contribution in [0.2, 0.25) is 10.0 Å². The molecule has 1 saturated heterocycles. The summed E-state index contributed by atoms with van der Waals surface area (Å²) in [5.41, 5.74) is 0.586. The van der Waals surface area contributed by atoms with E-state index in [4.69, 9.17) is 37.4 Å². The molecule has 1 heterocycles. The van der Waals surface area contributed by atoms with Gasteiger partial charge in [0.2, 0.25) is 0 Å². The summed E-state index contributed by atoms with van der Waals surface area (Å²) in [5.74, 6) is -1.93. The standard InChI is InChI=1S/C26H21Cl2NO7/c1-34-19-9-4-13(10-18(19)30)23-22(24(31)16-11-21(36-3)17(28)12-20(16)35-2)25(32)26(33)29(23)15-7-5-14(27)6-8-15/h4-12,23,30-31H,1-3H3/b24-22+. The first-order valence-electron chi connectivity index (χ1n) is 10.6. The molecule has 2 N–H and O–H groups in total. The number of rotatable bonds is 6. The van der Waals surface area contributed by atoms with E-state index in [0.29, 0.717) is 16.3 Å². The number of aliphatic hydroxyl groups excluding tert-OH is 1. The van der Waals surface area contributed by atoms with Crippen molar-refractivity contribution in [1.82, 2.24) is 0 Å². The number of nitrogens with zero attached hydrogens (tertiary/aromatic N) is 1. The first-order chi connectivity index (χ1) is 17.2. The number of methoxy groups -OCH3 is 3. The number of Topliss-reactive ketones (excluding diaryl/α,β-unsaturated/α-hetero) is 1. The lowest BCUT2D eigenvalue weighted by Gasteiger charge is -2.26. The number of aliphatic hydroxyl groups is 1. The van der Waals surface area contributed by atoms with E-state index in [9.17, 15) is 19.8 Å². The van der Waals surface area contributed by atoms with E-state index < -0.39 is 23.5 Å². The highest BCUT2D eigenvalue weighted by Crippen LogP contribution is 2.46. The van der Waals surface area contributed by atoms with Gasteiger partial charge in [-0.1, -0.05) is 29.3 Å². The van der Waals surface area contributed by atoms with Crippen molar-refractivity contribution in [3.05, 3.63) is 81.3 Å². The number of ketones is 1. The van der Waals surface area contributed by atoms with E-state index in [2.05, 4.69) is 0 Å². The molecule has 1 atom stereocenters. The minimum absolute atomic E-state index is 0.0931. The molecule has 3 aromatic rings. The number of hydrogen-bond donors (Lipinski definition) is 2. The molecule has 8 nitrogen and oxygen atoms in total. The van der Waals surface area contributed by atoms with Crippen molar-refractivity contribution in [2.24, 2.45) is 0 Å². The smallest absolute Gasteiger partial charge is 0.300 e. The minimum Gasteiger partial charge on any atom is -0.507 e. The Labute approximate surface area is 216 Å². The molecular formula is C26H21Cl2NO7. The lowest BCUT2D eigenvalue weighted by atomic mass is 9.94. The van der Waals surface area contributed by atoms with Gasteiger partial charge in [0.25, 0.3) is 11.7 Å². The van der Waals surface area contributed by atoms with Crippen molar-refractivity contribution in [2.75, 3.05) is 26.2 Å². The van der Waals surface area contributed by atoms with Crippen LogP contribution >= 0.6 is 23.2 Å². The van der Waals surface area contributed by atoms with Crippen LogP contribution in [-0.2, 0) is 9.59 Å². The fraction of sp³-hybridized carbons (Fsp3) is 0.154. The Morgan fingerprint density at radius 2 is 1.50 bits per heavy atom. The molecule has 0 radical (unpaired) electrons. The Morgan fingerprint density at radius 3 is 2.08 bits per heavy atom. The first kappa shape index (κ1) is 25.2. The Hall–Kier alpha value is -3.88. The molecule has 1 unspecified atom stereocenters. The SMILES string of the molecule is COc1ccc(C2/C(=C(\O)c3cc(OC)c(Cl)cc3OC)C(=O)C(=O)N2c2ccc(Cl)cc2)cc1O. The van der Waals surface area contributed by atoms with Crippen LogP contribution in [0.15, 0.2) is 60.2 Å². The van der Waals surface area contributed by atoms with Crippen LogP contribution < -0.4 is 19.1 Å². The fourth-order valence-corrected chi connectivity index (χ4v) is 4.44. The molecule has 1 aliphatic rings. The molecule has 0 spiro atoms. The number of carbonyl (C=O) groups excluding carboxylic acids is 2. The molecule has 4 rings (SSSR count). The van der Waals surface area contributed by atoms with Gasteiger partial charge in [-0.05, 0) is 48.0 Å². The maximum atomic E-state index is 13.4. The molecule has 0 aliphatic carbocycles. The van der Waals surface area contributed by atoms with Crippen molar-refractivity contribution in [3.63, 3.8) is 0 Å². The summed E-state index contributed by atoms with van der Waals surface area (Å²) in [6.07, 6.45) is 0. The third-order valence-corrected chi connectivity index (χ3v) is 6.34. The third-order valence-electron chi connectivity index (χ3n) is 5.80. The molecule has 1 aliphatic heterocycles. The van der Waals surface area contributed by atoms with Gasteiger partial charge in [-0.15, -0.1) is 0 Å². The number of aromatic hydroxyl groups is 1. The van der Waals surface area contributed by atoms with E-state index >= 15 is 0 Å². The van der Waals surface area contributed by atoms with Crippen molar-refractivity contribution in [3.8, 4) is 23.0 Å². The molecule has 0 bridgehead atoms. The van der Waals surface area contributed by atoms with Gasteiger partial charge in [-0.25, -0.2) is 0 Å². The van der Waals surface area contributed by atoms with E-state index in [1.165, 1.54) is 50.5 Å². The van der Waals surface area contributed by atoms with Gasteiger partial charge in [-0.3, -0.25) is 14.5 Å². The van der Waals surface area contributed by atoms with Crippen molar-refractivity contribution >= 4 is 46.3 Å². The molecular weight excluding hydrogens is 509 g/mol. The number of phenolic OH excluding ortho intramolecular Hbond substituents is 1. The third kappa shape index (κ3) is 4.29. The lowest BCUT2D eigenvalue weighted by molar-refractivity contribution is -0.132. The normalized spacial score (nSPS) is 16.8. The van der Waals surface area contributed by atoms with Crippen molar-refractivity contribution in [1.29, 1.82) is 0 Å². The van der Waals surface area contributed by atoms with Crippen LogP contribution in [0.5, 0.6) is 23.0 Å². The number of carbonyl (C=O) groups is 2. The molecule has 36 heavy (non-hydrogen) atoms. The summed E-state index contributed by atoms with van der Waals surface area (Å²) >= 11 is 12.2. The van der Waals surface area contributed by atoms with Crippen molar-refractivity contribution < 1.29 is 34.0 Å². The molecule has 1 fully saturated rings. The van der Waals surface area contributed by atoms with Gasteiger partial charge in [0, 0.05) is 16.8 Å².